The molecular formula is C22H34N4O2. The van der Waals surface area contributed by atoms with E-state index in [0.29, 0.717) is 25.0 Å². The first-order chi connectivity index (χ1) is 13.6. The monoisotopic (exact) mass is 386 g/mol. The van der Waals surface area contributed by atoms with Gasteiger partial charge in [0.2, 0.25) is 5.91 Å². The molecule has 1 atom stereocenters. The molecule has 3 rings (SSSR count). The molecule has 2 aliphatic heterocycles. The van der Waals surface area contributed by atoms with Gasteiger partial charge in [-0.25, -0.2) is 4.79 Å². The predicted molar refractivity (Wildman–Crippen MR) is 111 cm³/mol. The van der Waals surface area contributed by atoms with E-state index in [9.17, 15) is 9.59 Å². The van der Waals surface area contributed by atoms with E-state index in [-0.39, 0.29) is 11.9 Å². The molecule has 0 radical (unpaired) electrons. The summed E-state index contributed by atoms with van der Waals surface area (Å²) in [5, 5.41) is 6.11. The SMILES string of the molecule is CC(=O)N1CCC(CNC(=O)NCC2CCCCN2Cc2ccccc2)CC1. The molecule has 1 unspecified atom stereocenters. The van der Waals surface area contributed by atoms with Gasteiger partial charge in [0, 0.05) is 45.7 Å². The van der Waals surface area contributed by atoms with Crippen molar-refractivity contribution in [2.24, 2.45) is 5.92 Å². The van der Waals surface area contributed by atoms with E-state index in [2.05, 4.69) is 39.8 Å². The number of carbonyl (C=O) groups is 2. The minimum absolute atomic E-state index is 0.0702. The Morgan fingerprint density at radius 2 is 1.68 bits per heavy atom. The number of rotatable bonds is 6. The Hall–Kier alpha value is -2.08. The summed E-state index contributed by atoms with van der Waals surface area (Å²) >= 11 is 0. The zero-order valence-corrected chi connectivity index (χ0v) is 17.0. The third-order valence-electron chi connectivity index (χ3n) is 6.09. The molecule has 3 amide bonds. The Bertz CT molecular complexity index is 629. The molecule has 2 heterocycles. The first-order valence-electron chi connectivity index (χ1n) is 10.7. The van der Waals surface area contributed by atoms with Crippen LogP contribution in [0, 0.1) is 5.92 Å². The molecule has 2 saturated heterocycles. The van der Waals surface area contributed by atoms with Gasteiger partial charge in [0.1, 0.15) is 0 Å². The Morgan fingerprint density at radius 3 is 2.39 bits per heavy atom. The van der Waals surface area contributed by atoms with Crippen LogP contribution in [0.5, 0.6) is 0 Å². The highest BCUT2D eigenvalue weighted by atomic mass is 16.2. The lowest BCUT2D eigenvalue weighted by Crippen LogP contribution is -2.49. The van der Waals surface area contributed by atoms with E-state index >= 15 is 0 Å². The van der Waals surface area contributed by atoms with Gasteiger partial charge in [0.15, 0.2) is 0 Å². The zero-order chi connectivity index (χ0) is 19.8. The van der Waals surface area contributed by atoms with Crippen molar-refractivity contribution < 1.29 is 9.59 Å². The third kappa shape index (κ3) is 6.23. The second-order valence-electron chi connectivity index (χ2n) is 8.15. The number of carbonyl (C=O) groups excluding carboxylic acids is 2. The van der Waals surface area contributed by atoms with Gasteiger partial charge in [0.05, 0.1) is 0 Å². The van der Waals surface area contributed by atoms with Crippen molar-refractivity contribution in [3.8, 4) is 0 Å². The molecule has 0 aliphatic carbocycles. The summed E-state index contributed by atoms with van der Waals surface area (Å²) in [5.41, 5.74) is 1.33. The number of hydrogen-bond acceptors (Lipinski definition) is 3. The molecule has 0 aromatic heterocycles. The Labute approximate surface area is 168 Å². The van der Waals surface area contributed by atoms with Crippen LogP contribution in [0.4, 0.5) is 4.79 Å². The van der Waals surface area contributed by atoms with E-state index in [1.54, 1.807) is 6.92 Å². The fourth-order valence-corrected chi connectivity index (χ4v) is 4.28. The molecular weight excluding hydrogens is 352 g/mol. The minimum atomic E-state index is -0.0702. The number of urea groups is 1. The van der Waals surface area contributed by atoms with E-state index in [1.165, 1.54) is 18.4 Å². The highest BCUT2D eigenvalue weighted by Gasteiger charge is 2.24. The molecule has 2 N–H and O–H groups in total. The summed E-state index contributed by atoms with van der Waals surface area (Å²) in [6.45, 7) is 6.66. The van der Waals surface area contributed by atoms with Gasteiger partial charge in [-0.05, 0) is 43.7 Å². The van der Waals surface area contributed by atoms with Crippen molar-refractivity contribution in [1.82, 2.24) is 20.4 Å². The second-order valence-corrected chi connectivity index (χ2v) is 8.15. The molecule has 6 heteroatoms. The molecule has 6 nitrogen and oxygen atoms in total. The van der Waals surface area contributed by atoms with Crippen molar-refractivity contribution in [3.05, 3.63) is 35.9 Å². The molecule has 154 valence electrons. The summed E-state index contributed by atoms with van der Waals surface area (Å²) in [4.78, 5) is 28.0. The maximum absolute atomic E-state index is 12.3. The van der Waals surface area contributed by atoms with Crippen molar-refractivity contribution in [3.63, 3.8) is 0 Å². The summed E-state index contributed by atoms with van der Waals surface area (Å²) < 4.78 is 0. The van der Waals surface area contributed by atoms with Crippen LogP contribution >= 0.6 is 0 Å². The number of likely N-dealkylation sites (tertiary alicyclic amines) is 2. The van der Waals surface area contributed by atoms with Crippen LogP contribution in [0.3, 0.4) is 0 Å². The van der Waals surface area contributed by atoms with E-state index in [4.69, 9.17) is 0 Å². The Morgan fingerprint density at radius 1 is 0.964 bits per heavy atom. The van der Waals surface area contributed by atoms with E-state index < -0.39 is 0 Å². The predicted octanol–water partition coefficient (Wildman–Crippen LogP) is 2.60. The summed E-state index contributed by atoms with van der Waals surface area (Å²) in [7, 11) is 0. The van der Waals surface area contributed by atoms with Crippen molar-refractivity contribution >= 4 is 11.9 Å². The average molecular weight is 387 g/mol. The zero-order valence-electron chi connectivity index (χ0n) is 17.0. The second kappa shape index (κ2) is 10.5. The molecule has 0 saturated carbocycles. The highest BCUT2D eigenvalue weighted by Crippen LogP contribution is 2.19. The van der Waals surface area contributed by atoms with Crippen LogP contribution in [0.15, 0.2) is 30.3 Å². The van der Waals surface area contributed by atoms with Crippen molar-refractivity contribution in [2.45, 2.75) is 51.6 Å². The molecule has 1 aromatic carbocycles. The fourth-order valence-electron chi connectivity index (χ4n) is 4.28. The standard InChI is InChI=1S/C22H34N4O2/c1-18(27)25-13-10-19(11-14-25)15-23-22(28)24-16-21-9-5-6-12-26(21)17-20-7-3-2-4-8-20/h2-4,7-8,19,21H,5-6,9-17H2,1H3,(H2,23,24,28). The third-order valence-corrected chi connectivity index (χ3v) is 6.09. The lowest BCUT2D eigenvalue weighted by atomic mass is 9.97. The largest absolute Gasteiger partial charge is 0.343 e. The average Bonchev–Trinajstić information content (AvgIpc) is 2.72. The van der Waals surface area contributed by atoms with Crippen LogP contribution in [-0.4, -0.2) is 60.5 Å². The molecule has 0 bridgehead atoms. The first kappa shape index (κ1) is 20.6. The van der Waals surface area contributed by atoms with Crippen LogP contribution in [0.2, 0.25) is 0 Å². The fraction of sp³-hybridized carbons (Fsp3) is 0.636. The van der Waals surface area contributed by atoms with Crippen molar-refractivity contribution in [1.29, 1.82) is 0 Å². The normalized spacial score (nSPS) is 21.3. The topological polar surface area (TPSA) is 64.7 Å². The number of nitrogens with one attached hydrogen (secondary N) is 2. The lowest BCUT2D eigenvalue weighted by molar-refractivity contribution is -0.130. The lowest BCUT2D eigenvalue weighted by Gasteiger charge is -2.36. The number of nitrogens with zero attached hydrogens (tertiary/aromatic N) is 2. The smallest absolute Gasteiger partial charge is 0.314 e. The van der Waals surface area contributed by atoms with E-state index in [1.807, 2.05) is 11.0 Å². The summed E-state index contributed by atoms with van der Waals surface area (Å²) in [6.07, 6.45) is 5.53. The summed E-state index contributed by atoms with van der Waals surface area (Å²) in [5.74, 6) is 0.613. The van der Waals surface area contributed by atoms with Gasteiger partial charge < -0.3 is 15.5 Å². The quantitative estimate of drug-likeness (QED) is 0.790. The van der Waals surface area contributed by atoms with Crippen LogP contribution in [-0.2, 0) is 11.3 Å². The molecule has 0 spiro atoms. The molecule has 1 aromatic rings. The van der Waals surface area contributed by atoms with E-state index in [0.717, 1.165) is 45.4 Å². The maximum atomic E-state index is 12.3. The van der Waals surface area contributed by atoms with Gasteiger partial charge in [-0.1, -0.05) is 36.8 Å². The number of amides is 3. The van der Waals surface area contributed by atoms with Gasteiger partial charge in [-0.2, -0.15) is 0 Å². The minimum Gasteiger partial charge on any atom is -0.343 e. The van der Waals surface area contributed by atoms with Gasteiger partial charge in [-0.15, -0.1) is 0 Å². The molecule has 2 fully saturated rings. The maximum Gasteiger partial charge on any atom is 0.314 e. The van der Waals surface area contributed by atoms with Crippen LogP contribution < -0.4 is 10.6 Å². The molecule has 2 aliphatic rings. The van der Waals surface area contributed by atoms with Crippen LogP contribution in [0.1, 0.15) is 44.6 Å². The van der Waals surface area contributed by atoms with Gasteiger partial charge in [0.25, 0.3) is 0 Å². The first-order valence-corrected chi connectivity index (χ1v) is 10.7. The Balaban J connectivity index is 1.37. The number of piperidine rings is 2. The van der Waals surface area contributed by atoms with Gasteiger partial charge >= 0.3 is 6.03 Å². The Kier molecular flexibility index (Phi) is 7.71. The number of hydrogen-bond donors (Lipinski definition) is 2. The number of benzene rings is 1. The highest BCUT2D eigenvalue weighted by molar-refractivity contribution is 5.74. The van der Waals surface area contributed by atoms with Crippen molar-refractivity contribution in [2.75, 3.05) is 32.7 Å². The van der Waals surface area contributed by atoms with Gasteiger partial charge in [-0.3, -0.25) is 9.69 Å². The molecule has 28 heavy (non-hydrogen) atoms. The van der Waals surface area contributed by atoms with Crippen LogP contribution in [0.25, 0.3) is 0 Å². The summed E-state index contributed by atoms with van der Waals surface area (Å²) in [6, 6.07) is 10.9.